The Morgan fingerprint density at radius 3 is 2.63 bits per heavy atom. The number of nitrogens with zero attached hydrogens (tertiary/aromatic N) is 2. The fourth-order valence-electron chi connectivity index (χ4n) is 5.82. The van der Waals surface area contributed by atoms with E-state index < -0.39 is 6.04 Å². The van der Waals surface area contributed by atoms with Crippen LogP contribution in [0.15, 0.2) is 18.2 Å². The number of piperidine rings is 1. The van der Waals surface area contributed by atoms with Gasteiger partial charge in [0.15, 0.2) is 0 Å². The summed E-state index contributed by atoms with van der Waals surface area (Å²) >= 11 is 0. The Balaban J connectivity index is 1.51. The van der Waals surface area contributed by atoms with E-state index in [0.717, 1.165) is 62.9 Å². The number of unbranched alkanes of at least 4 members (excludes halogenated alkanes) is 2. The lowest BCUT2D eigenvalue weighted by Crippen LogP contribution is -2.52. The maximum absolute atomic E-state index is 13.3. The maximum atomic E-state index is 13.3. The molecule has 1 saturated carbocycles. The summed E-state index contributed by atoms with van der Waals surface area (Å²) in [4.78, 5) is 41.7. The van der Waals surface area contributed by atoms with E-state index in [4.69, 9.17) is 4.74 Å². The first-order valence-corrected chi connectivity index (χ1v) is 13.3. The van der Waals surface area contributed by atoms with Gasteiger partial charge in [-0.15, -0.1) is 0 Å². The topological polar surface area (TPSA) is 91.0 Å². The molecular weight excluding hydrogens is 444 g/mol. The van der Waals surface area contributed by atoms with Crippen LogP contribution in [-0.2, 0) is 20.9 Å². The standard InChI is InChI=1S/C27H40N4O4/c1-3-4-5-15-30(20-11-9-19(10-12-20)17-35-18-28-2)23-8-6-7-21-22(23)16-31(27(21)34)24-13-14-25(32)29-26(24)33/h6-8,19-20,24,28H,3-5,9-18H2,1-2H3,(H,29,32,33). The molecule has 3 aliphatic rings. The van der Waals surface area contributed by atoms with Gasteiger partial charge in [0.25, 0.3) is 5.91 Å². The van der Waals surface area contributed by atoms with Crippen molar-refractivity contribution in [3.8, 4) is 0 Å². The minimum absolute atomic E-state index is 0.102. The summed E-state index contributed by atoms with van der Waals surface area (Å²) in [6, 6.07) is 5.87. The first-order valence-electron chi connectivity index (χ1n) is 13.3. The minimum atomic E-state index is -0.581. The Morgan fingerprint density at radius 2 is 1.91 bits per heavy atom. The molecule has 1 aliphatic carbocycles. The molecule has 8 nitrogen and oxygen atoms in total. The predicted molar refractivity (Wildman–Crippen MR) is 135 cm³/mol. The van der Waals surface area contributed by atoms with Gasteiger partial charge in [0.2, 0.25) is 11.8 Å². The molecule has 3 amide bonds. The highest BCUT2D eigenvalue weighted by Crippen LogP contribution is 2.38. The molecule has 8 heteroatoms. The number of benzene rings is 1. The molecule has 0 radical (unpaired) electrons. The number of hydrogen-bond donors (Lipinski definition) is 2. The van der Waals surface area contributed by atoms with Crippen LogP contribution in [0.25, 0.3) is 0 Å². The fraction of sp³-hybridized carbons (Fsp3) is 0.667. The molecule has 4 rings (SSSR count). The van der Waals surface area contributed by atoms with E-state index in [1.54, 1.807) is 4.90 Å². The van der Waals surface area contributed by atoms with Crippen molar-refractivity contribution in [2.75, 3.05) is 31.8 Å². The molecule has 1 atom stereocenters. The van der Waals surface area contributed by atoms with Gasteiger partial charge in [-0.1, -0.05) is 25.8 Å². The number of carbonyl (C=O) groups is 3. The average Bonchev–Trinajstić information content (AvgIpc) is 3.19. The predicted octanol–water partition coefficient (Wildman–Crippen LogP) is 3.20. The van der Waals surface area contributed by atoms with Crippen LogP contribution < -0.4 is 15.5 Å². The SMILES string of the molecule is CCCCCN(c1cccc2c1CN(C1CCC(=O)NC1=O)C2=O)C1CCC(COCNC)CC1. The third kappa shape index (κ3) is 5.86. The molecule has 2 fully saturated rings. The third-order valence-electron chi connectivity index (χ3n) is 7.73. The number of nitrogens with one attached hydrogen (secondary N) is 2. The van der Waals surface area contributed by atoms with Crippen molar-refractivity contribution < 1.29 is 19.1 Å². The van der Waals surface area contributed by atoms with Gasteiger partial charge in [0.05, 0.1) is 13.3 Å². The Labute approximate surface area is 208 Å². The summed E-state index contributed by atoms with van der Waals surface area (Å²) in [6.45, 7) is 5.02. The first kappa shape index (κ1) is 25.6. The molecule has 1 unspecified atom stereocenters. The molecule has 35 heavy (non-hydrogen) atoms. The van der Waals surface area contributed by atoms with Gasteiger partial charge in [0.1, 0.15) is 6.04 Å². The molecule has 0 spiro atoms. The lowest BCUT2D eigenvalue weighted by atomic mass is 9.85. The molecule has 192 valence electrons. The molecule has 1 aromatic carbocycles. The van der Waals surface area contributed by atoms with Gasteiger partial charge >= 0.3 is 0 Å². The Hall–Kier alpha value is -2.45. The number of fused-ring (bicyclic) bond motifs is 1. The number of hydrogen-bond acceptors (Lipinski definition) is 6. The van der Waals surface area contributed by atoms with Crippen molar-refractivity contribution in [3.63, 3.8) is 0 Å². The van der Waals surface area contributed by atoms with Crippen molar-refractivity contribution in [1.82, 2.24) is 15.5 Å². The second kappa shape index (κ2) is 12.0. The molecule has 2 N–H and O–H groups in total. The van der Waals surface area contributed by atoms with Crippen LogP contribution in [0.3, 0.4) is 0 Å². The Kier molecular flexibility index (Phi) is 8.78. The first-order chi connectivity index (χ1) is 17.0. The molecular formula is C27H40N4O4. The zero-order valence-electron chi connectivity index (χ0n) is 21.2. The minimum Gasteiger partial charge on any atom is -0.368 e. The van der Waals surface area contributed by atoms with E-state index in [1.165, 1.54) is 6.42 Å². The van der Waals surface area contributed by atoms with E-state index in [9.17, 15) is 14.4 Å². The Morgan fingerprint density at radius 1 is 1.11 bits per heavy atom. The zero-order chi connectivity index (χ0) is 24.8. The average molecular weight is 485 g/mol. The van der Waals surface area contributed by atoms with Crippen molar-refractivity contribution in [1.29, 1.82) is 0 Å². The number of rotatable bonds is 11. The van der Waals surface area contributed by atoms with Crippen molar-refractivity contribution in [2.45, 2.75) is 83.3 Å². The maximum Gasteiger partial charge on any atom is 0.255 e. The van der Waals surface area contributed by atoms with Crippen LogP contribution in [0.1, 0.15) is 80.6 Å². The highest BCUT2D eigenvalue weighted by Gasteiger charge is 2.40. The smallest absolute Gasteiger partial charge is 0.255 e. The second-order valence-corrected chi connectivity index (χ2v) is 10.1. The number of anilines is 1. The number of imide groups is 1. The molecule has 1 aromatic rings. The highest BCUT2D eigenvalue weighted by atomic mass is 16.5. The van der Waals surface area contributed by atoms with E-state index in [-0.39, 0.29) is 24.1 Å². The van der Waals surface area contributed by atoms with Gasteiger partial charge in [0, 0.05) is 42.4 Å². The number of ether oxygens (including phenoxy) is 1. The van der Waals surface area contributed by atoms with Gasteiger partial charge in [-0.25, -0.2) is 0 Å². The van der Waals surface area contributed by atoms with Crippen molar-refractivity contribution in [2.24, 2.45) is 5.92 Å². The number of amides is 3. The normalized spacial score (nSPS) is 24.5. The van der Waals surface area contributed by atoms with E-state index >= 15 is 0 Å². The second-order valence-electron chi connectivity index (χ2n) is 10.1. The summed E-state index contributed by atoms with van der Waals surface area (Å²) in [7, 11) is 1.90. The summed E-state index contributed by atoms with van der Waals surface area (Å²) in [5, 5.41) is 5.44. The van der Waals surface area contributed by atoms with E-state index in [2.05, 4.69) is 28.5 Å². The van der Waals surface area contributed by atoms with Crippen LogP contribution in [0.2, 0.25) is 0 Å². The van der Waals surface area contributed by atoms with E-state index in [1.807, 2.05) is 19.2 Å². The third-order valence-corrected chi connectivity index (χ3v) is 7.73. The summed E-state index contributed by atoms with van der Waals surface area (Å²) in [5.74, 6) is -0.119. The monoisotopic (exact) mass is 484 g/mol. The number of carbonyl (C=O) groups excluding carboxylic acids is 3. The lowest BCUT2D eigenvalue weighted by molar-refractivity contribution is -0.136. The quantitative estimate of drug-likeness (QED) is 0.285. The van der Waals surface area contributed by atoms with Crippen LogP contribution in [0, 0.1) is 5.92 Å². The summed E-state index contributed by atoms with van der Waals surface area (Å²) in [6.07, 6.45) is 8.66. The van der Waals surface area contributed by atoms with Crippen molar-refractivity contribution in [3.05, 3.63) is 29.3 Å². The summed E-state index contributed by atoms with van der Waals surface area (Å²) < 4.78 is 5.72. The molecule has 0 aromatic heterocycles. The van der Waals surface area contributed by atoms with Crippen LogP contribution in [0.5, 0.6) is 0 Å². The molecule has 2 aliphatic heterocycles. The van der Waals surface area contributed by atoms with Gasteiger partial charge < -0.3 is 14.5 Å². The largest absolute Gasteiger partial charge is 0.368 e. The van der Waals surface area contributed by atoms with Crippen LogP contribution in [-0.4, -0.2) is 61.6 Å². The van der Waals surface area contributed by atoms with Gasteiger partial charge in [-0.2, -0.15) is 0 Å². The summed E-state index contributed by atoms with van der Waals surface area (Å²) in [5.41, 5.74) is 2.86. The molecule has 1 saturated heterocycles. The van der Waals surface area contributed by atoms with Gasteiger partial charge in [-0.05, 0) is 63.6 Å². The van der Waals surface area contributed by atoms with Crippen LogP contribution >= 0.6 is 0 Å². The zero-order valence-corrected chi connectivity index (χ0v) is 21.2. The Bertz CT molecular complexity index is 912. The van der Waals surface area contributed by atoms with Gasteiger partial charge in [-0.3, -0.25) is 25.0 Å². The molecule has 0 bridgehead atoms. The highest BCUT2D eigenvalue weighted by molar-refractivity contribution is 6.06. The fourth-order valence-corrected chi connectivity index (χ4v) is 5.82. The molecule has 2 heterocycles. The van der Waals surface area contributed by atoms with Crippen LogP contribution in [0.4, 0.5) is 5.69 Å². The van der Waals surface area contributed by atoms with E-state index in [0.29, 0.717) is 37.2 Å². The lowest BCUT2D eigenvalue weighted by Gasteiger charge is -2.39. The van der Waals surface area contributed by atoms with Crippen molar-refractivity contribution >= 4 is 23.4 Å².